The molecule has 0 unspecified atom stereocenters. The first kappa shape index (κ1) is 13.1. The van der Waals surface area contributed by atoms with Crippen LogP contribution >= 0.6 is 0 Å². The lowest BCUT2D eigenvalue weighted by atomic mass is 9.79. The number of hydrogen-bond acceptors (Lipinski definition) is 6. The molecule has 1 heterocycles. The summed E-state index contributed by atoms with van der Waals surface area (Å²) in [6.07, 6.45) is 2.99. The van der Waals surface area contributed by atoms with Crippen molar-refractivity contribution in [2.24, 2.45) is 5.10 Å². The Morgan fingerprint density at radius 3 is 2.74 bits per heavy atom. The monoisotopic (exact) mass is 260 g/mol. The number of nitrogen functional groups attached to an aromatic ring is 1. The van der Waals surface area contributed by atoms with Crippen LogP contribution in [0.1, 0.15) is 11.3 Å². The second-order valence-corrected chi connectivity index (χ2v) is 4.02. The molecule has 0 radical (unpaired) electrons. The molecule has 0 bridgehead atoms. The van der Waals surface area contributed by atoms with Crippen molar-refractivity contribution in [1.29, 1.82) is 0 Å². The minimum absolute atomic E-state index is 0.0245. The number of aromatic hydroxyl groups is 1. The third-order valence-electron chi connectivity index (χ3n) is 2.51. The zero-order valence-corrected chi connectivity index (χ0v) is 10.2. The van der Waals surface area contributed by atoms with Gasteiger partial charge < -0.3 is 20.9 Å². The summed E-state index contributed by atoms with van der Waals surface area (Å²) in [4.78, 5) is 3.98. The van der Waals surface area contributed by atoms with Crippen molar-refractivity contribution in [2.75, 3.05) is 5.73 Å². The molecule has 0 amide bonds. The van der Waals surface area contributed by atoms with Crippen LogP contribution in [0, 0.1) is 6.92 Å². The van der Waals surface area contributed by atoms with Crippen molar-refractivity contribution in [3.8, 4) is 5.75 Å². The molecular formula is C11H13BN4O3. The molecule has 2 aromatic rings. The van der Waals surface area contributed by atoms with Crippen LogP contribution in [0.2, 0.25) is 0 Å². The Kier molecular flexibility index (Phi) is 3.54. The first-order chi connectivity index (χ1) is 8.97. The zero-order chi connectivity index (χ0) is 14.0. The maximum absolute atomic E-state index is 9.66. The van der Waals surface area contributed by atoms with Crippen molar-refractivity contribution in [3.63, 3.8) is 0 Å². The number of imidazole rings is 1. The van der Waals surface area contributed by atoms with Crippen LogP contribution in [0.3, 0.4) is 0 Å². The highest BCUT2D eigenvalue weighted by Gasteiger charge is 2.12. The molecule has 2 rings (SSSR count). The molecular weight excluding hydrogens is 247 g/mol. The molecule has 0 saturated carbocycles. The van der Waals surface area contributed by atoms with Gasteiger partial charge in [-0.25, -0.2) is 9.66 Å². The molecule has 0 aliphatic rings. The third-order valence-corrected chi connectivity index (χ3v) is 2.51. The van der Waals surface area contributed by atoms with Crippen molar-refractivity contribution >= 4 is 24.7 Å². The Labute approximate surface area is 109 Å². The first-order valence-corrected chi connectivity index (χ1v) is 5.52. The number of aromatic nitrogens is 2. The van der Waals surface area contributed by atoms with Crippen molar-refractivity contribution < 1.29 is 15.2 Å². The maximum Gasteiger partial charge on any atom is 0.488 e. The molecule has 1 aromatic heterocycles. The van der Waals surface area contributed by atoms with E-state index in [0.717, 1.165) is 5.69 Å². The summed E-state index contributed by atoms with van der Waals surface area (Å²) in [7, 11) is -1.60. The summed E-state index contributed by atoms with van der Waals surface area (Å²) in [5.41, 5.74) is 6.94. The highest BCUT2D eigenvalue weighted by atomic mass is 16.4. The summed E-state index contributed by atoms with van der Waals surface area (Å²) in [5, 5.41) is 31.8. The van der Waals surface area contributed by atoms with E-state index in [1.165, 1.54) is 29.1 Å². The second kappa shape index (κ2) is 5.13. The fraction of sp³-hybridized carbons (Fsp3) is 0.0909. The summed E-state index contributed by atoms with van der Waals surface area (Å²) in [5.74, 6) is 0.204. The molecule has 0 fully saturated rings. The Morgan fingerprint density at radius 2 is 2.16 bits per heavy atom. The fourth-order valence-electron chi connectivity index (χ4n) is 1.56. The summed E-state index contributed by atoms with van der Waals surface area (Å²) in [6, 6.07) is 4.19. The largest absolute Gasteiger partial charge is 0.507 e. The predicted octanol–water partition coefficient (Wildman–Crippen LogP) is -0.959. The third kappa shape index (κ3) is 2.93. The number of phenolic OH excluding ortho intramolecular Hbond substituents is 1. The van der Waals surface area contributed by atoms with Crippen LogP contribution in [0.15, 0.2) is 29.5 Å². The second-order valence-electron chi connectivity index (χ2n) is 4.02. The summed E-state index contributed by atoms with van der Waals surface area (Å²) < 4.78 is 1.36. The molecule has 98 valence electrons. The van der Waals surface area contributed by atoms with Crippen LogP contribution in [-0.4, -0.2) is 38.1 Å². The summed E-state index contributed by atoms with van der Waals surface area (Å²) in [6.45, 7) is 1.78. The average Bonchev–Trinajstić information content (AvgIpc) is 2.66. The van der Waals surface area contributed by atoms with Gasteiger partial charge in [-0.3, -0.25) is 0 Å². The molecule has 0 saturated heterocycles. The van der Waals surface area contributed by atoms with Crippen LogP contribution < -0.4 is 11.2 Å². The molecule has 0 atom stereocenters. The number of nitrogens with two attached hydrogens (primary N) is 1. The number of rotatable bonds is 3. The van der Waals surface area contributed by atoms with Gasteiger partial charge >= 0.3 is 7.12 Å². The molecule has 5 N–H and O–H groups in total. The predicted molar refractivity (Wildman–Crippen MR) is 72.3 cm³/mol. The SMILES string of the molecule is Cc1cn(N=Cc2cc(B(O)O)ccc2O)c(N)n1. The van der Waals surface area contributed by atoms with Gasteiger partial charge in [0, 0.05) is 5.56 Å². The number of hydrogen-bond donors (Lipinski definition) is 4. The standard InChI is InChI=1S/C11H13BN4O3/c1-7-6-16(11(13)15-7)14-5-8-4-9(12(18)19)2-3-10(8)17/h2-6,17-19H,1H3,(H2,13,15). The first-order valence-electron chi connectivity index (χ1n) is 5.52. The van der Waals surface area contributed by atoms with Crippen molar-refractivity contribution in [3.05, 3.63) is 35.7 Å². The highest BCUT2D eigenvalue weighted by Crippen LogP contribution is 2.13. The Balaban J connectivity index is 2.32. The average molecular weight is 260 g/mol. The van der Waals surface area contributed by atoms with E-state index in [9.17, 15) is 5.11 Å². The normalized spacial score (nSPS) is 11.1. The highest BCUT2D eigenvalue weighted by molar-refractivity contribution is 6.58. The van der Waals surface area contributed by atoms with E-state index in [-0.39, 0.29) is 17.2 Å². The number of anilines is 1. The number of nitrogens with zero attached hydrogens (tertiary/aromatic N) is 3. The van der Waals surface area contributed by atoms with E-state index < -0.39 is 7.12 Å². The lowest BCUT2D eigenvalue weighted by Crippen LogP contribution is -2.29. The Morgan fingerprint density at radius 1 is 1.42 bits per heavy atom. The van der Waals surface area contributed by atoms with Gasteiger partial charge in [0.05, 0.1) is 18.1 Å². The number of benzene rings is 1. The van der Waals surface area contributed by atoms with Crippen molar-refractivity contribution in [2.45, 2.75) is 6.92 Å². The van der Waals surface area contributed by atoms with Gasteiger partial charge in [0.15, 0.2) is 0 Å². The smallest absolute Gasteiger partial charge is 0.488 e. The number of phenols is 1. The molecule has 0 aliphatic heterocycles. The minimum atomic E-state index is -1.60. The number of aryl methyl sites for hydroxylation is 1. The maximum atomic E-state index is 9.66. The van der Waals surface area contributed by atoms with E-state index in [1.807, 2.05) is 0 Å². The van der Waals surface area contributed by atoms with E-state index in [2.05, 4.69) is 10.1 Å². The quantitative estimate of drug-likeness (QED) is 0.419. The lowest BCUT2D eigenvalue weighted by molar-refractivity contribution is 0.425. The molecule has 7 nitrogen and oxygen atoms in total. The minimum Gasteiger partial charge on any atom is -0.507 e. The van der Waals surface area contributed by atoms with Crippen molar-refractivity contribution in [1.82, 2.24) is 9.66 Å². The van der Waals surface area contributed by atoms with Crippen LogP contribution in [-0.2, 0) is 0 Å². The van der Waals surface area contributed by atoms with Crippen LogP contribution in [0.4, 0.5) is 5.95 Å². The fourth-order valence-corrected chi connectivity index (χ4v) is 1.56. The topological polar surface area (TPSA) is 117 Å². The van der Waals surface area contributed by atoms with Gasteiger partial charge in [0.25, 0.3) is 0 Å². The molecule has 1 aromatic carbocycles. The molecule has 0 aliphatic carbocycles. The zero-order valence-electron chi connectivity index (χ0n) is 10.2. The van der Waals surface area contributed by atoms with Crippen LogP contribution in [0.5, 0.6) is 5.75 Å². The van der Waals surface area contributed by atoms with Gasteiger partial charge in [-0.15, -0.1) is 0 Å². The molecule has 0 spiro atoms. The summed E-state index contributed by atoms with van der Waals surface area (Å²) >= 11 is 0. The van der Waals surface area contributed by atoms with Gasteiger partial charge in [-0.2, -0.15) is 5.10 Å². The van der Waals surface area contributed by atoms with Crippen LogP contribution in [0.25, 0.3) is 0 Å². The lowest BCUT2D eigenvalue weighted by Gasteiger charge is -2.03. The van der Waals surface area contributed by atoms with E-state index in [4.69, 9.17) is 15.8 Å². The molecule has 8 heteroatoms. The molecule has 19 heavy (non-hydrogen) atoms. The van der Waals surface area contributed by atoms with E-state index in [0.29, 0.717) is 5.56 Å². The van der Waals surface area contributed by atoms with Gasteiger partial charge in [0.2, 0.25) is 5.95 Å². The van der Waals surface area contributed by atoms with Gasteiger partial charge in [-0.1, -0.05) is 6.07 Å². The van der Waals surface area contributed by atoms with Gasteiger partial charge in [-0.05, 0) is 24.5 Å². The Hall–Kier alpha value is -2.32. The Bertz CT molecular complexity index is 624. The van der Waals surface area contributed by atoms with E-state index in [1.54, 1.807) is 13.1 Å². The van der Waals surface area contributed by atoms with E-state index >= 15 is 0 Å². The van der Waals surface area contributed by atoms with Gasteiger partial charge in [0.1, 0.15) is 5.75 Å².